The number of carbonyl (C=O) groups excluding carboxylic acids is 4. The number of anilines is 1. The highest BCUT2D eigenvalue weighted by molar-refractivity contribution is 6.24. The summed E-state index contributed by atoms with van der Waals surface area (Å²) in [6.45, 7) is -0.118. The minimum atomic E-state index is -1.03. The van der Waals surface area contributed by atoms with Gasteiger partial charge in [-0.1, -0.05) is 0 Å². The van der Waals surface area contributed by atoms with Crippen LogP contribution in [0.25, 0.3) is 0 Å². The zero-order valence-corrected chi connectivity index (χ0v) is 13.2. The molecule has 3 amide bonds. The SMILES string of the molecule is CNC(=O)CCC(C=O)N1C(=O)c2cc(CCO)cc(N)c2C1=O. The van der Waals surface area contributed by atoms with Crippen LogP contribution in [0.4, 0.5) is 5.69 Å². The first-order chi connectivity index (χ1) is 11.4. The van der Waals surface area contributed by atoms with Crippen LogP contribution in [0.1, 0.15) is 39.1 Å². The van der Waals surface area contributed by atoms with Crippen molar-refractivity contribution in [2.24, 2.45) is 0 Å². The molecule has 1 aromatic carbocycles. The molecule has 4 N–H and O–H groups in total. The third kappa shape index (κ3) is 3.13. The number of aliphatic hydroxyl groups is 1. The molecule has 0 saturated carbocycles. The second-order valence-electron chi connectivity index (χ2n) is 5.48. The number of amides is 3. The molecule has 1 unspecified atom stereocenters. The molecule has 128 valence electrons. The highest BCUT2D eigenvalue weighted by atomic mass is 16.3. The van der Waals surface area contributed by atoms with Crippen LogP contribution in [0.2, 0.25) is 0 Å². The van der Waals surface area contributed by atoms with Crippen LogP contribution >= 0.6 is 0 Å². The number of hydrogen-bond acceptors (Lipinski definition) is 6. The second kappa shape index (κ2) is 7.22. The molecule has 0 aromatic heterocycles. The Morgan fingerprint density at radius 1 is 1.38 bits per heavy atom. The first kappa shape index (κ1) is 17.6. The zero-order valence-electron chi connectivity index (χ0n) is 13.2. The molecule has 1 atom stereocenters. The number of carbonyl (C=O) groups is 4. The Morgan fingerprint density at radius 3 is 2.67 bits per heavy atom. The van der Waals surface area contributed by atoms with Crippen LogP contribution in [0.3, 0.4) is 0 Å². The number of fused-ring (bicyclic) bond motifs is 1. The average molecular weight is 333 g/mol. The van der Waals surface area contributed by atoms with Crippen LogP contribution in [-0.4, -0.2) is 53.7 Å². The van der Waals surface area contributed by atoms with Crippen molar-refractivity contribution < 1.29 is 24.3 Å². The molecule has 0 fully saturated rings. The number of nitrogens with two attached hydrogens (primary N) is 1. The topological polar surface area (TPSA) is 130 Å². The lowest BCUT2D eigenvalue weighted by atomic mass is 10.0. The summed E-state index contributed by atoms with van der Waals surface area (Å²) in [7, 11) is 1.46. The molecule has 1 heterocycles. The summed E-state index contributed by atoms with van der Waals surface area (Å²) < 4.78 is 0. The predicted octanol–water partition coefficient (Wildman–Crippen LogP) is -0.507. The van der Waals surface area contributed by atoms with E-state index in [1.807, 2.05) is 0 Å². The van der Waals surface area contributed by atoms with E-state index >= 15 is 0 Å². The lowest BCUT2D eigenvalue weighted by molar-refractivity contribution is -0.121. The Morgan fingerprint density at radius 2 is 2.08 bits per heavy atom. The molecule has 0 aliphatic carbocycles. The Hall–Kier alpha value is -2.74. The van der Waals surface area contributed by atoms with Gasteiger partial charge in [0.2, 0.25) is 5.91 Å². The van der Waals surface area contributed by atoms with E-state index in [-0.39, 0.29) is 42.2 Å². The molecular weight excluding hydrogens is 314 g/mol. The number of benzene rings is 1. The molecule has 1 aliphatic rings. The van der Waals surface area contributed by atoms with Crippen LogP contribution < -0.4 is 11.1 Å². The van der Waals surface area contributed by atoms with Gasteiger partial charge in [-0.15, -0.1) is 0 Å². The molecular formula is C16H19N3O5. The van der Waals surface area contributed by atoms with Crippen LogP contribution in [0, 0.1) is 0 Å². The van der Waals surface area contributed by atoms with Crippen molar-refractivity contribution in [2.45, 2.75) is 25.3 Å². The van der Waals surface area contributed by atoms with Gasteiger partial charge in [-0.2, -0.15) is 0 Å². The quantitative estimate of drug-likeness (QED) is 0.350. The van der Waals surface area contributed by atoms with E-state index in [0.717, 1.165) is 4.90 Å². The fourth-order valence-corrected chi connectivity index (χ4v) is 2.71. The monoisotopic (exact) mass is 333 g/mol. The fraction of sp³-hybridized carbons (Fsp3) is 0.375. The van der Waals surface area contributed by atoms with Gasteiger partial charge < -0.3 is 21.0 Å². The van der Waals surface area contributed by atoms with Crippen molar-refractivity contribution >= 4 is 29.7 Å². The van der Waals surface area contributed by atoms with Gasteiger partial charge in [-0.25, -0.2) is 0 Å². The van der Waals surface area contributed by atoms with E-state index in [4.69, 9.17) is 10.8 Å². The number of hydrogen-bond donors (Lipinski definition) is 3. The average Bonchev–Trinajstić information content (AvgIpc) is 2.80. The lowest BCUT2D eigenvalue weighted by Gasteiger charge is -2.20. The summed E-state index contributed by atoms with van der Waals surface area (Å²) in [5, 5.41) is 11.4. The Bertz CT molecular complexity index is 701. The first-order valence-electron chi connectivity index (χ1n) is 7.51. The zero-order chi connectivity index (χ0) is 17.9. The molecule has 1 aromatic rings. The largest absolute Gasteiger partial charge is 0.398 e. The normalized spacial score (nSPS) is 14.5. The molecule has 0 radical (unpaired) electrons. The highest BCUT2D eigenvalue weighted by Gasteiger charge is 2.41. The summed E-state index contributed by atoms with van der Waals surface area (Å²) in [6.07, 6.45) is 0.832. The molecule has 24 heavy (non-hydrogen) atoms. The molecule has 0 spiro atoms. The highest BCUT2D eigenvalue weighted by Crippen LogP contribution is 2.31. The van der Waals surface area contributed by atoms with Crippen molar-refractivity contribution in [2.75, 3.05) is 19.4 Å². The predicted molar refractivity (Wildman–Crippen MR) is 85.3 cm³/mol. The minimum absolute atomic E-state index is 0.0125. The van der Waals surface area contributed by atoms with E-state index < -0.39 is 17.9 Å². The fourth-order valence-electron chi connectivity index (χ4n) is 2.71. The Balaban J connectivity index is 2.32. The van der Waals surface area contributed by atoms with E-state index in [1.165, 1.54) is 19.2 Å². The van der Waals surface area contributed by atoms with Gasteiger partial charge in [0.15, 0.2) is 0 Å². The third-order valence-electron chi connectivity index (χ3n) is 3.95. The van der Waals surface area contributed by atoms with Gasteiger partial charge in [-0.05, 0) is 30.5 Å². The van der Waals surface area contributed by atoms with E-state index in [2.05, 4.69) is 5.32 Å². The van der Waals surface area contributed by atoms with Gasteiger partial charge >= 0.3 is 0 Å². The van der Waals surface area contributed by atoms with Crippen molar-refractivity contribution in [1.29, 1.82) is 0 Å². The lowest BCUT2D eigenvalue weighted by Crippen LogP contribution is -2.41. The summed E-state index contributed by atoms with van der Waals surface area (Å²) in [5.41, 5.74) is 6.81. The van der Waals surface area contributed by atoms with Crippen molar-refractivity contribution in [1.82, 2.24) is 10.2 Å². The molecule has 8 heteroatoms. The molecule has 1 aliphatic heterocycles. The van der Waals surface area contributed by atoms with E-state index in [9.17, 15) is 19.2 Å². The summed E-state index contributed by atoms with van der Waals surface area (Å²) in [6, 6.07) is 2.00. The van der Waals surface area contributed by atoms with Gasteiger partial charge in [0.25, 0.3) is 11.8 Å². The maximum atomic E-state index is 12.6. The molecule has 0 saturated heterocycles. The minimum Gasteiger partial charge on any atom is -0.398 e. The second-order valence-corrected chi connectivity index (χ2v) is 5.48. The van der Waals surface area contributed by atoms with Crippen molar-refractivity contribution in [3.8, 4) is 0 Å². The number of aldehydes is 1. The number of imide groups is 1. The molecule has 8 nitrogen and oxygen atoms in total. The van der Waals surface area contributed by atoms with Gasteiger partial charge in [0.05, 0.1) is 17.2 Å². The first-order valence-corrected chi connectivity index (χ1v) is 7.51. The number of aliphatic hydroxyl groups excluding tert-OH is 1. The Labute approximate surface area is 138 Å². The summed E-state index contributed by atoms with van der Waals surface area (Å²) in [5.74, 6) is -1.55. The van der Waals surface area contributed by atoms with Gasteiger partial charge in [-0.3, -0.25) is 19.3 Å². The molecule has 2 rings (SSSR count). The van der Waals surface area contributed by atoms with E-state index in [0.29, 0.717) is 18.3 Å². The third-order valence-corrected chi connectivity index (χ3v) is 3.95. The summed E-state index contributed by atoms with van der Waals surface area (Å²) in [4.78, 5) is 48.6. The smallest absolute Gasteiger partial charge is 0.264 e. The van der Waals surface area contributed by atoms with Crippen LogP contribution in [-0.2, 0) is 16.0 Å². The standard InChI is InChI=1S/C16H19N3O5/c1-18-13(22)3-2-10(8-21)19-15(23)11-6-9(4-5-20)7-12(17)14(11)16(19)24/h6-8,10,20H,2-5,17H2,1H3,(H,18,22). The number of nitrogens with one attached hydrogen (secondary N) is 1. The number of rotatable bonds is 7. The van der Waals surface area contributed by atoms with Crippen LogP contribution in [0.5, 0.6) is 0 Å². The van der Waals surface area contributed by atoms with Crippen LogP contribution in [0.15, 0.2) is 12.1 Å². The maximum absolute atomic E-state index is 12.6. The molecule has 0 bridgehead atoms. The van der Waals surface area contributed by atoms with Crippen molar-refractivity contribution in [3.63, 3.8) is 0 Å². The Kier molecular flexibility index (Phi) is 5.30. The van der Waals surface area contributed by atoms with Gasteiger partial charge in [0, 0.05) is 25.8 Å². The number of nitrogen functional groups attached to an aromatic ring is 1. The van der Waals surface area contributed by atoms with Crippen molar-refractivity contribution in [3.05, 3.63) is 28.8 Å². The summed E-state index contributed by atoms with van der Waals surface area (Å²) >= 11 is 0. The van der Waals surface area contributed by atoms with E-state index in [1.54, 1.807) is 0 Å². The maximum Gasteiger partial charge on any atom is 0.264 e. The van der Waals surface area contributed by atoms with Gasteiger partial charge in [0.1, 0.15) is 6.29 Å². The number of nitrogens with zero attached hydrogens (tertiary/aromatic N) is 1.